The van der Waals surface area contributed by atoms with E-state index in [0.717, 1.165) is 0 Å². The van der Waals surface area contributed by atoms with Crippen molar-refractivity contribution in [3.8, 4) is 0 Å². The topological polar surface area (TPSA) is 85.4 Å². The average molecular weight is 223 g/mol. The average Bonchev–Trinajstić information content (AvgIpc) is 2.64. The van der Waals surface area contributed by atoms with Crippen LogP contribution in [0.4, 0.5) is 0 Å². The van der Waals surface area contributed by atoms with E-state index in [1.807, 2.05) is 0 Å². The van der Waals surface area contributed by atoms with Gasteiger partial charge in [-0.1, -0.05) is 0 Å². The summed E-state index contributed by atoms with van der Waals surface area (Å²) >= 11 is 0. The first-order chi connectivity index (χ1) is 7.27. The molecule has 0 aromatic carbocycles. The van der Waals surface area contributed by atoms with Gasteiger partial charge in [0.1, 0.15) is 5.60 Å². The molecular formula is C10H14BNO4-. The Bertz CT molecular complexity index is 357. The minimum atomic E-state index is -1.80. The quantitative estimate of drug-likeness (QED) is 0.598. The van der Waals surface area contributed by atoms with Gasteiger partial charge in [-0.3, -0.25) is 0 Å². The molecule has 16 heavy (non-hydrogen) atoms. The summed E-state index contributed by atoms with van der Waals surface area (Å²) in [6.07, 6.45) is 3.32. The SMILES string of the molecule is CC(C)(O)C(C)(O[B]c1cc[nH]c1)C(=O)[O-]. The van der Waals surface area contributed by atoms with Crippen molar-refractivity contribution in [3.05, 3.63) is 18.5 Å². The van der Waals surface area contributed by atoms with Crippen LogP contribution < -0.4 is 10.6 Å². The summed E-state index contributed by atoms with van der Waals surface area (Å²) in [4.78, 5) is 13.8. The van der Waals surface area contributed by atoms with Crippen molar-refractivity contribution in [3.63, 3.8) is 0 Å². The number of carbonyl (C=O) groups excluding carboxylic acids is 1. The molecule has 0 spiro atoms. The van der Waals surface area contributed by atoms with Gasteiger partial charge in [-0.2, -0.15) is 0 Å². The number of hydrogen-bond acceptors (Lipinski definition) is 4. The first kappa shape index (κ1) is 12.8. The lowest BCUT2D eigenvalue weighted by molar-refractivity contribution is -0.330. The maximum atomic E-state index is 11.0. The number of aromatic nitrogens is 1. The Balaban J connectivity index is 2.77. The number of aliphatic carboxylic acids is 1. The third kappa shape index (κ3) is 2.45. The Kier molecular flexibility index (Phi) is 3.45. The summed E-state index contributed by atoms with van der Waals surface area (Å²) in [6.45, 7) is 3.98. The molecule has 1 heterocycles. The molecule has 0 amide bonds. The maximum absolute atomic E-state index is 11.0. The summed E-state index contributed by atoms with van der Waals surface area (Å²) < 4.78 is 5.14. The highest BCUT2D eigenvalue weighted by Crippen LogP contribution is 2.24. The van der Waals surface area contributed by atoms with Crippen molar-refractivity contribution in [1.82, 2.24) is 4.98 Å². The molecule has 1 aromatic heterocycles. The van der Waals surface area contributed by atoms with Crippen molar-refractivity contribution < 1.29 is 19.7 Å². The lowest BCUT2D eigenvalue weighted by Gasteiger charge is -2.41. The van der Waals surface area contributed by atoms with E-state index in [4.69, 9.17) is 4.65 Å². The fourth-order valence-corrected chi connectivity index (χ4v) is 1.04. The number of aliphatic hydroxyl groups is 1. The molecule has 1 atom stereocenters. The smallest absolute Gasteiger partial charge is 0.332 e. The van der Waals surface area contributed by atoms with Crippen molar-refractivity contribution in [2.24, 2.45) is 0 Å². The molecule has 6 heteroatoms. The van der Waals surface area contributed by atoms with Gasteiger partial charge in [-0.25, -0.2) is 0 Å². The second-order valence-electron chi connectivity index (χ2n) is 4.26. The molecular weight excluding hydrogens is 209 g/mol. The number of H-pyrrole nitrogens is 1. The van der Waals surface area contributed by atoms with Gasteiger partial charge in [0.15, 0.2) is 0 Å². The first-order valence-corrected chi connectivity index (χ1v) is 4.85. The summed E-state index contributed by atoms with van der Waals surface area (Å²) in [5.74, 6) is -1.47. The van der Waals surface area contributed by atoms with Crippen LogP contribution in [0.1, 0.15) is 20.8 Å². The standard InChI is InChI=1S/C10H15BNO4/c1-9(2,15)10(3,8(13)14)16-11-7-4-5-12-6-7/h4-6,12,15H,1-3H3,(H,13,14)/p-1. The largest absolute Gasteiger partial charge is 0.547 e. The van der Waals surface area contributed by atoms with E-state index >= 15 is 0 Å². The molecule has 2 N–H and O–H groups in total. The highest BCUT2D eigenvalue weighted by molar-refractivity contribution is 6.47. The summed E-state index contributed by atoms with van der Waals surface area (Å²) in [7, 11) is 1.27. The minimum absolute atomic E-state index is 0.678. The zero-order valence-corrected chi connectivity index (χ0v) is 9.48. The lowest BCUT2D eigenvalue weighted by Crippen LogP contribution is -2.62. The summed E-state index contributed by atoms with van der Waals surface area (Å²) in [5.41, 5.74) is -2.68. The Morgan fingerprint density at radius 1 is 1.56 bits per heavy atom. The molecule has 0 saturated carbocycles. The van der Waals surface area contributed by atoms with E-state index in [0.29, 0.717) is 5.46 Å². The Hall–Kier alpha value is -1.27. The number of carboxylic acid groups (broad SMARTS) is 1. The zero-order valence-electron chi connectivity index (χ0n) is 9.48. The Labute approximate surface area is 94.7 Å². The second-order valence-corrected chi connectivity index (χ2v) is 4.26. The third-order valence-corrected chi connectivity index (χ3v) is 2.61. The lowest BCUT2D eigenvalue weighted by atomic mass is 9.82. The maximum Gasteiger partial charge on any atom is 0.332 e. The highest BCUT2D eigenvalue weighted by Gasteiger charge is 2.42. The molecule has 5 nitrogen and oxygen atoms in total. The van der Waals surface area contributed by atoms with Gasteiger partial charge >= 0.3 is 7.48 Å². The molecule has 1 rings (SSSR count). The van der Waals surface area contributed by atoms with Crippen LogP contribution in [0.2, 0.25) is 0 Å². The molecule has 1 unspecified atom stereocenters. The minimum Gasteiger partial charge on any atom is -0.547 e. The van der Waals surface area contributed by atoms with Gasteiger partial charge in [0, 0.05) is 6.20 Å². The molecule has 87 valence electrons. The summed E-state index contributed by atoms with van der Waals surface area (Å²) in [6, 6.07) is 1.71. The highest BCUT2D eigenvalue weighted by atomic mass is 16.5. The predicted molar refractivity (Wildman–Crippen MR) is 57.0 cm³/mol. The van der Waals surface area contributed by atoms with Crippen LogP contribution in [0.25, 0.3) is 0 Å². The van der Waals surface area contributed by atoms with Crippen LogP contribution in [-0.4, -0.2) is 34.7 Å². The molecule has 0 saturated heterocycles. The number of nitrogens with one attached hydrogen (secondary N) is 1. The van der Waals surface area contributed by atoms with Crippen LogP contribution in [-0.2, 0) is 9.45 Å². The van der Waals surface area contributed by atoms with Crippen molar-refractivity contribution in [2.75, 3.05) is 0 Å². The van der Waals surface area contributed by atoms with E-state index in [1.54, 1.807) is 18.5 Å². The normalized spacial score (nSPS) is 15.5. The molecule has 0 aliphatic rings. The van der Waals surface area contributed by atoms with E-state index in [1.165, 1.54) is 28.3 Å². The zero-order chi connectivity index (χ0) is 12.4. The fraction of sp³-hybridized carbons (Fsp3) is 0.500. The molecule has 0 bridgehead atoms. The number of hydrogen-bond donors (Lipinski definition) is 2. The first-order valence-electron chi connectivity index (χ1n) is 4.85. The Morgan fingerprint density at radius 3 is 2.56 bits per heavy atom. The number of rotatable bonds is 5. The van der Waals surface area contributed by atoms with Crippen molar-refractivity contribution in [2.45, 2.75) is 32.0 Å². The van der Waals surface area contributed by atoms with Crippen LogP contribution >= 0.6 is 0 Å². The van der Waals surface area contributed by atoms with Gasteiger partial charge in [0.25, 0.3) is 0 Å². The van der Waals surface area contributed by atoms with Crippen LogP contribution in [0.5, 0.6) is 0 Å². The predicted octanol–water partition coefficient (Wildman–Crippen LogP) is -1.44. The van der Waals surface area contributed by atoms with E-state index in [2.05, 4.69) is 4.98 Å². The number of aromatic amines is 1. The molecule has 0 aliphatic carbocycles. The van der Waals surface area contributed by atoms with Crippen LogP contribution in [0.15, 0.2) is 18.5 Å². The molecule has 1 aromatic rings. The number of carboxylic acids is 1. The van der Waals surface area contributed by atoms with Crippen LogP contribution in [0, 0.1) is 0 Å². The van der Waals surface area contributed by atoms with Gasteiger partial charge < -0.3 is 24.6 Å². The van der Waals surface area contributed by atoms with Gasteiger partial charge in [-0.15, -0.1) is 0 Å². The molecule has 1 radical (unpaired) electrons. The van der Waals surface area contributed by atoms with E-state index in [-0.39, 0.29) is 0 Å². The third-order valence-electron chi connectivity index (χ3n) is 2.61. The number of carbonyl (C=O) groups is 1. The van der Waals surface area contributed by atoms with Gasteiger partial charge in [-0.05, 0) is 38.5 Å². The molecule has 0 aliphatic heterocycles. The van der Waals surface area contributed by atoms with Crippen molar-refractivity contribution >= 4 is 18.9 Å². The monoisotopic (exact) mass is 223 g/mol. The second kappa shape index (κ2) is 4.31. The van der Waals surface area contributed by atoms with Gasteiger partial charge in [0.05, 0.1) is 11.6 Å². The summed E-state index contributed by atoms with van der Waals surface area (Å²) in [5, 5.41) is 20.8. The Morgan fingerprint density at radius 2 is 2.19 bits per heavy atom. The van der Waals surface area contributed by atoms with Crippen molar-refractivity contribution in [1.29, 1.82) is 0 Å². The fourth-order valence-electron chi connectivity index (χ4n) is 1.04. The van der Waals surface area contributed by atoms with Crippen LogP contribution in [0.3, 0.4) is 0 Å². The van der Waals surface area contributed by atoms with Gasteiger partial charge in [0.2, 0.25) is 0 Å². The van der Waals surface area contributed by atoms with E-state index in [9.17, 15) is 15.0 Å². The van der Waals surface area contributed by atoms with E-state index < -0.39 is 17.2 Å². The molecule has 0 fully saturated rings.